The van der Waals surface area contributed by atoms with Gasteiger partial charge in [-0.05, 0) is 19.8 Å². The molecule has 82 valence electrons. The number of hydrogen-bond acceptors (Lipinski definition) is 4. The molecule has 0 aliphatic carbocycles. The van der Waals surface area contributed by atoms with Gasteiger partial charge in [-0.25, -0.2) is 15.0 Å². The molecule has 0 aromatic carbocycles. The molecule has 2 aromatic rings. The van der Waals surface area contributed by atoms with Gasteiger partial charge >= 0.3 is 0 Å². The zero-order valence-electron chi connectivity index (χ0n) is 8.74. The Morgan fingerprint density at radius 1 is 1.44 bits per heavy atom. The van der Waals surface area contributed by atoms with Crippen molar-refractivity contribution in [2.45, 2.75) is 19.4 Å². The van der Waals surface area contributed by atoms with Crippen LogP contribution < -0.4 is 0 Å². The fraction of sp³-hybridized carbons (Fsp3) is 0.300. The van der Waals surface area contributed by atoms with Crippen molar-refractivity contribution in [3.63, 3.8) is 0 Å². The van der Waals surface area contributed by atoms with Crippen molar-refractivity contribution in [2.24, 2.45) is 0 Å². The number of imidazole rings is 1. The number of aromatic amines is 1. The van der Waals surface area contributed by atoms with Crippen molar-refractivity contribution in [1.29, 1.82) is 0 Å². The Bertz CT molecular complexity index is 588. The largest absolute Gasteiger partial charge is 0.378 e. The van der Waals surface area contributed by atoms with Gasteiger partial charge in [-0.1, -0.05) is 17.5 Å². The molecule has 0 unspecified atom stereocenters. The van der Waals surface area contributed by atoms with Crippen LogP contribution in [0.3, 0.4) is 0 Å². The van der Waals surface area contributed by atoms with Crippen molar-refractivity contribution in [2.75, 3.05) is 0 Å². The van der Waals surface area contributed by atoms with E-state index in [1.54, 1.807) is 13.8 Å². The first kappa shape index (κ1) is 10.9. The number of nitrogens with zero attached hydrogens (tertiary/aromatic N) is 3. The lowest BCUT2D eigenvalue weighted by atomic mass is 10.1. The molecule has 0 saturated carbocycles. The molecule has 6 heteroatoms. The van der Waals surface area contributed by atoms with Gasteiger partial charge in [-0.3, -0.25) is 0 Å². The second kappa shape index (κ2) is 3.74. The maximum Gasteiger partial charge on any atom is 0.185 e. The Kier molecular flexibility index (Phi) is 2.54. The van der Waals surface area contributed by atoms with Gasteiger partial charge in [0.15, 0.2) is 16.6 Å². The van der Waals surface area contributed by atoms with E-state index in [1.165, 1.54) is 6.33 Å². The lowest BCUT2D eigenvalue weighted by Crippen LogP contribution is -2.14. The first-order chi connectivity index (χ1) is 7.46. The van der Waals surface area contributed by atoms with Gasteiger partial charge in [-0.15, -0.1) is 0 Å². The van der Waals surface area contributed by atoms with Gasteiger partial charge in [-0.2, -0.15) is 0 Å². The average molecular weight is 237 g/mol. The number of aliphatic hydroxyl groups is 1. The third kappa shape index (κ3) is 2.30. The van der Waals surface area contributed by atoms with Gasteiger partial charge in [0, 0.05) is 0 Å². The van der Waals surface area contributed by atoms with E-state index in [2.05, 4.69) is 31.8 Å². The van der Waals surface area contributed by atoms with Crippen LogP contribution in [0, 0.1) is 11.8 Å². The Hall–Kier alpha value is -1.64. The molecule has 16 heavy (non-hydrogen) atoms. The summed E-state index contributed by atoms with van der Waals surface area (Å²) in [5.41, 5.74) is -0.0571. The molecule has 0 bridgehead atoms. The Labute approximate surface area is 96.9 Å². The molecule has 2 heterocycles. The zero-order chi connectivity index (χ0) is 11.8. The lowest BCUT2D eigenvalue weighted by Gasteiger charge is -2.05. The maximum atomic E-state index is 9.44. The highest BCUT2D eigenvalue weighted by Crippen LogP contribution is 2.15. The third-order valence-corrected chi connectivity index (χ3v) is 2.02. The number of fused-ring (bicyclic) bond motifs is 1. The smallest absolute Gasteiger partial charge is 0.185 e. The van der Waals surface area contributed by atoms with Gasteiger partial charge in [0.25, 0.3) is 0 Å². The first-order valence-corrected chi connectivity index (χ1v) is 4.95. The predicted molar refractivity (Wildman–Crippen MR) is 59.9 cm³/mol. The van der Waals surface area contributed by atoms with Gasteiger partial charge in [0.2, 0.25) is 0 Å². The summed E-state index contributed by atoms with van der Waals surface area (Å²) in [4.78, 5) is 14.7. The number of nitrogens with one attached hydrogen (secondary N) is 1. The van der Waals surface area contributed by atoms with E-state index < -0.39 is 5.60 Å². The van der Waals surface area contributed by atoms with Crippen LogP contribution in [-0.4, -0.2) is 30.6 Å². The molecule has 0 fully saturated rings. The summed E-state index contributed by atoms with van der Waals surface area (Å²) in [6.45, 7) is 3.19. The molecule has 0 amide bonds. The molecule has 0 radical (unpaired) electrons. The normalized spacial score (nSPS) is 11.2. The minimum Gasteiger partial charge on any atom is -0.378 e. The molecule has 0 saturated heterocycles. The summed E-state index contributed by atoms with van der Waals surface area (Å²) < 4.78 is 0. The number of hydrogen-bond donors (Lipinski definition) is 2. The van der Waals surface area contributed by atoms with E-state index in [0.717, 1.165) is 0 Å². The predicted octanol–water partition coefficient (Wildman–Crippen LogP) is 1.13. The van der Waals surface area contributed by atoms with Crippen molar-refractivity contribution in [3.05, 3.63) is 17.3 Å². The van der Waals surface area contributed by atoms with Crippen molar-refractivity contribution in [3.8, 4) is 11.8 Å². The summed E-state index contributed by atoms with van der Waals surface area (Å²) >= 11 is 5.84. The summed E-state index contributed by atoms with van der Waals surface area (Å²) in [5.74, 6) is 5.75. The van der Waals surface area contributed by atoms with Crippen LogP contribution in [0.4, 0.5) is 0 Å². The van der Waals surface area contributed by atoms with Crippen LogP contribution in [0.1, 0.15) is 19.7 Å². The SMILES string of the molecule is CC(C)(O)C#Cc1nc2ncnc(Cl)c2[nH]1. The summed E-state index contributed by atoms with van der Waals surface area (Å²) in [7, 11) is 0. The van der Waals surface area contributed by atoms with E-state index in [9.17, 15) is 5.11 Å². The highest BCUT2D eigenvalue weighted by molar-refractivity contribution is 6.33. The number of rotatable bonds is 0. The molecule has 0 atom stereocenters. The van der Waals surface area contributed by atoms with Crippen LogP contribution in [0.2, 0.25) is 5.15 Å². The number of halogens is 1. The number of aromatic nitrogens is 4. The lowest BCUT2D eigenvalue weighted by molar-refractivity contribution is 0.143. The van der Waals surface area contributed by atoms with E-state index >= 15 is 0 Å². The minimum absolute atomic E-state index is 0.300. The van der Waals surface area contributed by atoms with Crippen molar-refractivity contribution in [1.82, 2.24) is 19.9 Å². The van der Waals surface area contributed by atoms with Gasteiger partial charge < -0.3 is 10.1 Å². The monoisotopic (exact) mass is 236 g/mol. The van der Waals surface area contributed by atoms with Gasteiger partial charge in [0.05, 0.1) is 0 Å². The summed E-state index contributed by atoms with van der Waals surface area (Å²) in [5, 5.41) is 9.74. The van der Waals surface area contributed by atoms with Crippen LogP contribution in [-0.2, 0) is 0 Å². The fourth-order valence-electron chi connectivity index (χ4n) is 1.07. The Morgan fingerprint density at radius 2 is 2.19 bits per heavy atom. The highest BCUT2D eigenvalue weighted by Gasteiger charge is 2.08. The quantitative estimate of drug-likeness (QED) is 0.531. The molecule has 5 nitrogen and oxygen atoms in total. The molecule has 2 aromatic heterocycles. The van der Waals surface area contributed by atoms with Crippen molar-refractivity contribution >= 4 is 22.8 Å². The second-order valence-corrected chi connectivity index (χ2v) is 4.12. The molecule has 2 rings (SSSR count). The van der Waals surface area contributed by atoms with Gasteiger partial charge in [0.1, 0.15) is 17.4 Å². The minimum atomic E-state index is -1.06. The van der Waals surface area contributed by atoms with E-state index in [-0.39, 0.29) is 0 Å². The first-order valence-electron chi connectivity index (χ1n) is 4.57. The van der Waals surface area contributed by atoms with Crippen LogP contribution in [0.15, 0.2) is 6.33 Å². The average Bonchev–Trinajstić information content (AvgIpc) is 2.58. The summed E-state index contributed by atoms with van der Waals surface area (Å²) in [6.07, 6.45) is 1.33. The topological polar surface area (TPSA) is 74.7 Å². The van der Waals surface area contributed by atoms with Crippen LogP contribution >= 0.6 is 11.6 Å². The molecule has 0 spiro atoms. The van der Waals surface area contributed by atoms with Crippen molar-refractivity contribution < 1.29 is 5.11 Å². The molecule has 0 aliphatic heterocycles. The molecular weight excluding hydrogens is 228 g/mol. The standard InChI is InChI=1S/C10H9ClN4O/c1-10(2,16)4-3-6-14-7-8(11)12-5-13-9(7)15-6/h5,16H,1-2H3,(H,12,13,14,15). The summed E-state index contributed by atoms with van der Waals surface area (Å²) in [6, 6.07) is 0. The molecular formula is C10H9ClN4O. The van der Waals surface area contributed by atoms with Crippen LogP contribution in [0.25, 0.3) is 11.2 Å². The van der Waals surface area contributed by atoms with E-state index in [1.807, 2.05) is 0 Å². The highest BCUT2D eigenvalue weighted by atomic mass is 35.5. The van der Waals surface area contributed by atoms with Crippen LogP contribution in [0.5, 0.6) is 0 Å². The second-order valence-electron chi connectivity index (χ2n) is 3.76. The van der Waals surface area contributed by atoms with E-state index in [4.69, 9.17) is 11.6 Å². The molecule has 0 aliphatic rings. The zero-order valence-corrected chi connectivity index (χ0v) is 9.50. The Balaban J connectivity index is 2.47. The Morgan fingerprint density at radius 3 is 2.81 bits per heavy atom. The fourth-order valence-corrected chi connectivity index (χ4v) is 1.25. The molecule has 2 N–H and O–H groups in total. The van der Waals surface area contributed by atoms with E-state index in [0.29, 0.717) is 22.1 Å². The maximum absolute atomic E-state index is 9.44. The number of H-pyrrole nitrogens is 1. The third-order valence-electron chi connectivity index (χ3n) is 1.73.